The first kappa shape index (κ1) is 17.7. The molecular formula is C19H30BrNOSi. The van der Waals surface area contributed by atoms with Crippen LogP contribution in [0.15, 0.2) is 28.7 Å². The molecule has 0 spiro atoms. The summed E-state index contributed by atoms with van der Waals surface area (Å²) in [5, 5.41) is 0.304. The Hall–Kier alpha value is -0.163. The summed E-state index contributed by atoms with van der Waals surface area (Å²) in [7, 11) is -1.60. The zero-order valence-electron chi connectivity index (χ0n) is 15.2. The molecule has 1 saturated heterocycles. The highest BCUT2D eigenvalue weighted by molar-refractivity contribution is 9.10. The predicted molar refractivity (Wildman–Crippen MR) is 104 cm³/mol. The monoisotopic (exact) mass is 395 g/mol. The molecule has 1 saturated carbocycles. The molecule has 1 aromatic rings. The van der Waals surface area contributed by atoms with Gasteiger partial charge in [0.05, 0.1) is 0 Å². The van der Waals surface area contributed by atoms with Gasteiger partial charge >= 0.3 is 0 Å². The van der Waals surface area contributed by atoms with Gasteiger partial charge in [-0.1, -0.05) is 48.8 Å². The first-order valence-electron chi connectivity index (χ1n) is 8.76. The second-order valence-electron chi connectivity index (χ2n) is 8.91. The van der Waals surface area contributed by atoms with Crippen LogP contribution in [-0.4, -0.2) is 39.5 Å². The molecule has 2 nitrogen and oxygen atoms in total. The third kappa shape index (κ3) is 3.46. The molecule has 2 aliphatic rings. The van der Waals surface area contributed by atoms with Gasteiger partial charge in [-0.05, 0) is 48.2 Å². The van der Waals surface area contributed by atoms with Crippen LogP contribution in [0.25, 0.3) is 0 Å². The summed E-state index contributed by atoms with van der Waals surface area (Å²) in [6.45, 7) is 16.1. The van der Waals surface area contributed by atoms with Crippen molar-refractivity contribution in [1.29, 1.82) is 0 Å². The van der Waals surface area contributed by atoms with Crippen LogP contribution in [0.3, 0.4) is 0 Å². The number of hydrogen-bond donors (Lipinski definition) is 0. The van der Waals surface area contributed by atoms with Gasteiger partial charge in [-0.2, -0.15) is 0 Å². The summed E-state index contributed by atoms with van der Waals surface area (Å²) in [6, 6.07) is 8.98. The standard InChI is InChI=1S/C19H30BrNOSi/c1-18(2,3)23(4,5)22-11-10-21-13-16-12-19(16,14-21)15-6-8-17(20)9-7-15/h6-9,16H,10-14H2,1-5H3/t16?,19-/m1/s1. The van der Waals surface area contributed by atoms with Gasteiger partial charge in [0.1, 0.15) is 0 Å². The molecule has 1 unspecified atom stereocenters. The summed E-state index contributed by atoms with van der Waals surface area (Å²) in [5.74, 6) is 0.858. The molecule has 0 radical (unpaired) electrons. The lowest BCUT2D eigenvalue weighted by Gasteiger charge is -2.36. The van der Waals surface area contributed by atoms with E-state index in [4.69, 9.17) is 4.43 Å². The fraction of sp³-hybridized carbons (Fsp3) is 0.684. The lowest BCUT2D eigenvalue weighted by atomic mass is 9.95. The Morgan fingerprint density at radius 1 is 1.26 bits per heavy atom. The molecule has 2 fully saturated rings. The fourth-order valence-corrected chi connectivity index (χ4v) is 4.93. The second kappa shape index (κ2) is 5.97. The highest BCUT2D eigenvalue weighted by Crippen LogP contribution is 2.58. The Kier molecular flexibility index (Phi) is 4.59. The lowest BCUT2D eigenvalue weighted by molar-refractivity contribution is 0.209. The van der Waals surface area contributed by atoms with E-state index in [0.717, 1.165) is 19.1 Å². The largest absolute Gasteiger partial charge is 0.416 e. The minimum Gasteiger partial charge on any atom is -0.416 e. The summed E-state index contributed by atoms with van der Waals surface area (Å²) < 4.78 is 7.52. The lowest BCUT2D eigenvalue weighted by Crippen LogP contribution is -2.43. The molecule has 1 aliphatic heterocycles. The second-order valence-corrected chi connectivity index (χ2v) is 14.6. The molecule has 0 amide bonds. The SMILES string of the molecule is CC(C)(C)[Si](C)(C)OCCN1CC2C[C@]2(c2ccc(Br)cc2)C1. The number of halogens is 1. The van der Waals surface area contributed by atoms with E-state index in [2.05, 4.69) is 79.0 Å². The molecule has 2 atom stereocenters. The van der Waals surface area contributed by atoms with Crippen LogP contribution in [-0.2, 0) is 9.84 Å². The molecule has 128 valence electrons. The third-order valence-corrected chi connectivity index (χ3v) is 11.4. The normalized spacial score (nSPS) is 28.0. The van der Waals surface area contributed by atoms with Crippen LogP contribution >= 0.6 is 15.9 Å². The molecule has 1 aromatic carbocycles. The van der Waals surface area contributed by atoms with E-state index in [0.29, 0.717) is 10.5 Å². The molecule has 0 bridgehead atoms. The number of rotatable bonds is 5. The van der Waals surface area contributed by atoms with Crippen molar-refractivity contribution in [3.8, 4) is 0 Å². The van der Waals surface area contributed by atoms with Crippen LogP contribution in [0.1, 0.15) is 32.8 Å². The predicted octanol–water partition coefficient (Wildman–Crippen LogP) is 5.04. The summed E-state index contributed by atoms with van der Waals surface area (Å²) in [4.78, 5) is 2.61. The van der Waals surface area contributed by atoms with Crippen molar-refractivity contribution in [1.82, 2.24) is 4.90 Å². The van der Waals surface area contributed by atoms with Gasteiger partial charge < -0.3 is 4.43 Å². The first-order valence-corrected chi connectivity index (χ1v) is 12.5. The zero-order chi connectivity index (χ0) is 16.9. The van der Waals surface area contributed by atoms with Gasteiger partial charge in [-0.25, -0.2) is 0 Å². The molecule has 23 heavy (non-hydrogen) atoms. The van der Waals surface area contributed by atoms with E-state index in [1.807, 2.05) is 0 Å². The maximum Gasteiger partial charge on any atom is 0.192 e. The van der Waals surface area contributed by atoms with Gasteiger partial charge in [0, 0.05) is 36.1 Å². The minimum atomic E-state index is -1.60. The maximum atomic E-state index is 6.35. The van der Waals surface area contributed by atoms with Crippen molar-refractivity contribution in [2.75, 3.05) is 26.2 Å². The molecular weight excluding hydrogens is 366 g/mol. The average Bonchev–Trinajstić information content (AvgIpc) is 3.01. The Morgan fingerprint density at radius 2 is 1.91 bits per heavy atom. The fourth-order valence-electron chi connectivity index (χ4n) is 3.63. The molecule has 1 aliphatic carbocycles. The van der Waals surface area contributed by atoms with Gasteiger partial charge in [-0.15, -0.1) is 0 Å². The molecule has 0 N–H and O–H groups in total. The van der Waals surface area contributed by atoms with Crippen molar-refractivity contribution < 1.29 is 4.43 Å². The van der Waals surface area contributed by atoms with Crippen molar-refractivity contribution in [3.05, 3.63) is 34.3 Å². The van der Waals surface area contributed by atoms with Crippen molar-refractivity contribution in [2.24, 2.45) is 5.92 Å². The van der Waals surface area contributed by atoms with E-state index in [1.165, 1.54) is 29.5 Å². The van der Waals surface area contributed by atoms with Crippen LogP contribution in [0.4, 0.5) is 0 Å². The Balaban J connectivity index is 1.53. The molecule has 3 rings (SSSR count). The van der Waals surface area contributed by atoms with E-state index in [-0.39, 0.29) is 0 Å². The van der Waals surface area contributed by atoms with Crippen LogP contribution in [0, 0.1) is 5.92 Å². The highest BCUT2D eigenvalue weighted by Gasteiger charge is 2.60. The zero-order valence-corrected chi connectivity index (χ0v) is 17.7. The highest BCUT2D eigenvalue weighted by atomic mass is 79.9. The topological polar surface area (TPSA) is 12.5 Å². The smallest absolute Gasteiger partial charge is 0.192 e. The third-order valence-electron chi connectivity index (χ3n) is 6.31. The van der Waals surface area contributed by atoms with E-state index >= 15 is 0 Å². The van der Waals surface area contributed by atoms with Gasteiger partial charge in [0.2, 0.25) is 0 Å². The minimum absolute atomic E-state index is 0.304. The van der Waals surface area contributed by atoms with E-state index < -0.39 is 8.32 Å². The Labute approximate surface area is 150 Å². The van der Waals surface area contributed by atoms with Crippen LogP contribution in [0.5, 0.6) is 0 Å². The van der Waals surface area contributed by atoms with Gasteiger partial charge in [0.25, 0.3) is 0 Å². The Bertz CT molecular complexity index is 566. The van der Waals surface area contributed by atoms with Crippen molar-refractivity contribution in [2.45, 2.75) is 50.7 Å². The quantitative estimate of drug-likeness (QED) is 0.647. The van der Waals surface area contributed by atoms with Crippen molar-refractivity contribution >= 4 is 24.2 Å². The number of nitrogens with zero attached hydrogens (tertiary/aromatic N) is 1. The van der Waals surface area contributed by atoms with E-state index in [1.54, 1.807) is 0 Å². The van der Waals surface area contributed by atoms with E-state index in [9.17, 15) is 0 Å². The average molecular weight is 396 g/mol. The number of likely N-dealkylation sites (tertiary alicyclic amines) is 1. The summed E-state index contributed by atoms with van der Waals surface area (Å²) in [5.41, 5.74) is 1.97. The van der Waals surface area contributed by atoms with Gasteiger partial charge in [0.15, 0.2) is 8.32 Å². The summed E-state index contributed by atoms with van der Waals surface area (Å²) >= 11 is 3.54. The Morgan fingerprint density at radius 3 is 2.52 bits per heavy atom. The number of fused-ring (bicyclic) bond motifs is 1. The van der Waals surface area contributed by atoms with Gasteiger partial charge in [-0.3, -0.25) is 4.90 Å². The number of benzene rings is 1. The molecule has 1 heterocycles. The number of hydrogen-bond acceptors (Lipinski definition) is 2. The summed E-state index contributed by atoms with van der Waals surface area (Å²) in [6.07, 6.45) is 1.37. The van der Waals surface area contributed by atoms with Crippen molar-refractivity contribution in [3.63, 3.8) is 0 Å². The van der Waals surface area contributed by atoms with Crippen LogP contribution in [0.2, 0.25) is 18.1 Å². The molecule has 4 heteroatoms. The maximum absolute atomic E-state index is 6.35. The molecule has 0 aromatic heterocycles. The van der Waals surface area contributed by atoms with Crippen LogP contribution < -0.4 is 0 Å². The first-order chi connectivity index (χ1) is 10.6. The number of piperidine rings is 1.